The molecule has 0 radical (unpaired) electrons. The summed E-state index contributed by atoms with van der Waals surface area (Å²) in [6.45, 7) is 0.665. The molecule has 2 aromatic carbocycles. The molecule has 0 saturated heterocycles. The summed E-state index contributed by atoms with van der Waals surface area (Å²) >= 11 is 1.66. The van der Waals surface area contributed by atoms with Crippen LogP contribution in [-0.2, 0) is 6.54 Å². The summed E-state index contributed by atoms with van der Waals surface area (Å²) in [4.78, 5) is 14.9. The standard InChI is InChI=1S/C16H16N2O3S/c1-20-14-7-10(3-6-15(14)22-2)9-17-11-4-5-13-12(8-11)18-16(19)21-13/h3-8,17H,9H2,1-2H3,(H,18,19). The van der Waals surface area contributed by atoms with Crippen LogP contribution in [0.4, 0.5) is 5.69 Å². The van der Waals surface area contributed by atoms with Crippen LogP contribution in [0, 0.1) is 0 Å². The maximum atomic E-state index is 11.2. The number of hydrogen-bond donors (Lipinski definition) is 2. The summed E-state index contributed by atoms with van der Waals surface area (Å²) in [5, 5.41) is 3.33. The number of aromatic nitrogens is 1. The van der Waals surface area contributed by atoms with Crippen molar-refractivity contribution in [3.8, 4) is 5.75 Å². The van der Waals surface area contributed by atoms with Gasteiger partial charge in [-0.15, -0.1) is 11.8 Å². The lowest BCUT2D eigenvalue weighted by Crippen LogP contribution is -2.00. The molecule has 2 N–H and O–H groups in total. The van der Waals surface area contributed by atoms with Gasteiger partial charge >= 0.3 is 5.76 Å². The molecule has 1 heterocycles. The molecular formula is C16H16N2O3S. The number of methoxy groups -OCH3 is 1. The van der Waals surface area contributed by atoms with E-state index >= 15 is 0 Å². The van der Waals surface area contributed by atoms with Crippen molar-refractivity contribution in [1.82, 2.24) is 4.98 Å². The van der Waals surface area contributed by atoms with Gasteiger partial charge in [-0.1, -0.05) is 6.07 Å². The van der Waals surface area contributed by atoms with E-state index in [0.717, 1.165) is 21.9 Å². The third-order valence-electron chi connectivity index (χ3n) is 3.36. The molecule has 0 aliphatic heterocycles. The quantitative estimate of drug-likeness (QED) is 0.706. The topological polar surface area (TPSA) is 67.3 Å². The van der Waals surface area contributed by atoms with Crippen molar-refractivity contribution in [2.45, 2.75) is 11.4 Å². The Morgan fingerprint density at radius 1 is 1.27 bits per heavy atom. The molecule has 0 saturated carbocycles. The molecule has 22 heavy (non-hydrogen) atoms. The SMILES string of the molecule is COc1cc(CNc2ccc3oc(=O)[nH]c3c2)ccc1SC. The number of fused-ring (bicyclic) bond motifs is 1. The van der Waals surface area contributed by atoms with E-state index in [1.165, 1.54) is 0 Å². The normalized spacial score (nSPS) is 10.8. The summed E-state index contributed by atoms with van der Waals surface area (Å²) < 4.78 is 10.4. The lowest BCUT2D eigenvalue weighted by atomic mass is 10.2. The first-order valence-electron chi connectivity index (χ1n) is 6.77. The number of H-pyrrole nitrogens is 1. The fraction of sp³-hybridized carbons (Fsp3) is 0.188. The molecule has 1 aromatic heterocycles. The molecule has 0 fully saturated rings. The van der Waals surface area contributed by atoms with Crippen LogP contribution in [0.1, 0.15) is 5.56 Å². The number of aromatic amines is 1. The second-order valence-electron chi connectivity index (χ2n) is 4.77. The molecule has 5 nitrogen and oxygen atoms in total. The van der Waals surface area contributed by atoms with E-state index in [4.69, 9.17) is 9.15 Å². The number of thioether (sulfide) groups is 1. The number of hydrogen-bond acceptors (Lipinski definition) is 5. The van der Waals surface area contributed by atoms with E-state index in [-0.39, 0.29) is 0 Å². The van der Waals surface area contributed by atoms with Crippen LogP contribution in [-0.4, -0.2) is 18.3 Å². The minimum atomic E-state index is -0.440. The van der Waals surface area contributed by atoms with Gasteiger partial charge in [0.25, 0.3) is 0 Å². The lowest BCUT2D eigenvalue weighted by Gasteiger charge is -2.10. The number of benzene rings is 2. The number of ether oxygens (including phenoxy) is 1. The van der Waals surface area contributed by atoms with Gasteiger partial charge in [0.05, 0.1) is 12.6 Å². The zero-order valence-electron chi connectivity index (χ0n) is 12.3. The molecule has 3 rings (SSSR count). The van der Waals surface area contributed by atoms with Crippen molar-refractivity contribution >= 4 is 28.5 Å². The maximum absolute atomic E-state index is 11.2. The maximum Gasteiger partial charge on any atom is 0.417 e. The Bertz CT molecular complexity index is 854. The van der Waals surface area contributed by atoms with Crippen molar-refractivity contribution in [2.24, 2.45) is 0 Å². The van der Waals surface area contributed by atoms with Crippen LogP contribution in [0.3, 0.4) is 0 Å². The van der Waals surface area contributed by atoms with Crippen molar-refractivity contribution in [1.29, 1.82) is 0 Å². The van der Waals surface area contributed by atoms with Crippen LogP contribution < -0.4 is 15.8 Å². The van der Waals surface area contributed by atoms with Gasteiger partial charge in [-0.05, 0) is 42.2 Å². The summed E-state index contributed by atoms with van der Waals surface area (Å²) in [6, 6.07) is 11.7. The highest BCUT2D eigenvalue weighted by atomic mass is 32.2. The summed E-state index contributed by atoms with van der Waals surface area (Å²) in [5.41, 5.74) is 3.28. The summed E-state index contributed by atoms with van der Waals surface area (Å²) in [6.07, 6.45) is 2.02. The smallest absolute Gasteiger partial charge is 0.417 e. The Kier molecular flexibility index (Phi) is 4.11. The van der Waals surface area contributed by atoms with Gasteiger partial charge in [0.15, 0.2) is 5.58 Å². The first kappa shape index (κ1) is 14.6. The van der Waals surface area contributed by atoms with E-state index < -0.39 is 5.76 Å². The lowest BCUT2D eigenvalue weighted by molar-refractivity contribution is 0.404. The number of nitrogens with one attached hydrogen (secondary N) is 2. The van der Waals surface area contributed by atoms with Gasteiger partial charge in [0, 0.05) is 17.1 Å². The van der Waals surface area contributed by atoms with E-state index in [1.54, 1.807) is 24.9 Å². The van der Waals surface area contributed by atoms with Crippen molar-refractivity contribution in [3.63, 3.8) is 0 Å². The molecule has 0 bridgehead atoms. The van der Waals surface area contributed by atoms with Crippen LogP contribution in [0.2, 0.25) is 0 Å². The van der Waals surface area contributed by atoms with Crippen molar-refractivity contribution in [2.75, 3.05) is 18.7 Å². The highest BCUT2D eigenvalue weighted by molar-refractivity contribution is 7.98. The molecule has 0 aliphatic rings. The van der Waals surface area contributed by atoms with Crippen molar-refractivity contribution < 1.29 is 9.15 Å². The minimum Gasteiger partial charge on any atom is -0.496 e. The summed E-state index contributed by atoms with van der Waals surface area (Å²) in [7, 11) is 1.68. The van der Waals surface area contributed by atoms with Crippen LogP contribution in [0.15, 0.2) is 50.5 Å². The Balaban J connectivity index is 1.77. The number of anilines is 1. The third kappa shape index (κ3) is 2.96. The Morgan fingerprint density at radius 2 is 2.14 bits per heavy atom. The van der Waals surface area contributed by atoms with E-state index in [0.29, 0.717) is 17.6 Å². The molecule has 114 valence electrons. The Morgan fingerprint density at radius 3 is 2.91 bits per heavy atom. The van der Waals surface area contributed by atoms with Crippen LogP contribution in [0.5, 0.6) is 5.75 Å². The summed E-state index contributed by atoms with van der Waals surface area (Å²) in [5.74, 6) is 0.436. The van der Waals surface area contributed by atoms with Gasteiger partial charge in [-0.25, -0.2) is 4.79 Å². The predicted octanol–water partition coefficient (Wildman–Crippen LogP) is 3.46. The van der Waals surface area contributed by atoms with Crippen LogP contribution >= 0.6 is 11.8 Å². The zero-order valence-corrected chi connectivity index (χ0v) is 13.1. The first-order chi connectivity index (χ1) is 10.7. The van der Waals surface area contributed by atoms with E-state index in [1.807, 2.05) is 24.5 Å². The highest BCUT2D eigenvalue weighted by Crippen LogP contribution is 2.28. The second-order valence-corrected chi connectivity index (χ2v) is 5.62. The van der Waals surface area contributed by atoms with Crippen LogP contribution in [0.25, 0.3) is 11.1 Å². The second kappa shape index (κ2) is 6.19. The fourth-order valence-electron chi connectivity index (χ4n) is 2.26. The minimum absolute atomic E-state index is 0.440. The molecule has 0 aliphatic carbocycles. The largest absolute Gasteiger partial charge is 0.496 e. The van der Waals surface area contributed by atoms with E-state index in [2.05, 4.69) is 22.4 Å². The molecule has 0 spiro atoms. The monoisotopic (exact) mass is 316 g/mol. The molecule has 0 amide bonds. The van der Waals surface area contributed by atoms with Gasteiger partial charge in [-0.2, -0.15) is 0 Å². The van der Waals surface area contributed by atoms with Crippen molar-refractivity contribution in [3.05, 3.63) is 52.5 Å². The molecule has 3 aromatic rings. The molecule has 0 atom stereocenters. The zero-order chi connectivity index (χ0) is 15.5. The Hall–Kier alpha value is -2.34. The number of rotatable bonds is 5. The van der Waals surface area contributed by atoms with Gasteiger partial charge in [-0.3, -0.25) is 4.98 Å². The van der Waals surface area contributed by atoms with Gasteiger partial charge in [0.1, 0.15) is 5.75 Å². The average Bonchev–Trinajstić information content (AvgIpc) is 2.91. The third-order valence-corrected chi connectivity index (χ3v) is 4.14. The Labute approximate surface area is 131 Å². The van der Waals surface area contributed by atoms with E-state index in [9.17, 15) is 4.79 Å². The fourth-order valence-corrected chi connectivity index (χ4v) is 2.80. The highest BCUT2D eigenvalue weighted by Gasteiger charge is 2.05. The number of oxazole rings is 1. The first-order valence-corrected chi connectivity index (χ1v) is 8.00. The average molecular weight is 316 g/mol. The van der Waals surface area contributed by atoms with Gasteiger partial charge in [0.2, 0.25) is 0 Å². The molecule has 6 heteroatoms. The predicted molar refractivity (Wildman–Crippen MR) is 88.9 cm³/mol. The molecular weight excluding hydrogens is 300 g/mol. The molecule has 0 unspecified atom stereocenters. The van der Waals surface area contributed by atoms with Gasteiger partial charge < -0.3 is 14.5 Å².